The van der Waals surface area contributed by atoms with Crippen LogP contribution in [-0.2, 0) is 11.4 Å². The Morgan fingerprint density at radius 3 is 2.29 bits per heavy atom. The van der Waals surface area contributed by atoms with Crippen LogP contribution < -0.4 is 20.1 Å². The van der Waals surface area contributed by atoms with Gasteiger partial charge in [0.1, 0.15) is 11.4 Å². The van der Waals surface area contributed by atoms with Gasteiger partial charge in [0.05, 0.1) is 12.8 Å². The Bertz CT molecular complexity index is 1530. The van der Waals surface area contributed by atoms with Crippen LogP contribution in [0.15, 0.2) is 95.9 Å². The first-order chi connectivity index (χ1) is 19.7. The molecule has 0 aliphatic heterocycles. The van der Waals surface area contributed by atoms with Crippen LogP contribution in [0.25, 0.3) is 11.1 Å². The highest BCUT2D eigenvalue weighted by Gasteiger charge is 2.20. The highest BCUT2D eigenvalue weighted by molar-refractivity contribution is 7.92. The van der Waals surface area contributed by atoms with Gasteiger partial charge in [-0.05, 0) is 66.6 Å². The molecule has 0 heterocycles. The van der Waals surface area contributed by atoms with Gasteiger partial charge in [-0.1, -0.05) is 42.0 Å². The molecular weight excluding hydrogens is 536 g/mol. The number of hydrogen-bond donors (Lipinski definition) is 3. The van der Waals surface area contributed by atoms with Crippen molar-refractivity contribution in [3.63, 3.8) is 0 Å². The van der Waals surface area contributed by atoms with Crippen molar-refractivity contribution in [1.29, 1.82) is 0 Å². The fourth-order valence-corrected chi connectivity index (χ4v) is 5.24. The number of methoxy groups -OCH3 is 1. The number of anilines is 2. The van der Waals surface area contributed by atoms with Gasteiger partial charge in [-0.15, -0.1) is 0 Å². The van der Waals surface area contributed by atoms with E-state index in [-0.39, 0.29) is 11.8 Å². The lowest BCUT2D eigenvalue weighted by Crippen LogP contribution is -2.28. The van der Waals surface area contributed by atoms with Gasteiger partial charge in [0.25, 0.3) is 11.8 Å². The average molecular weight is 571 g/mol. The molecule has 0 aliphatic carbocycles. The Balaban J connectivity index is 1.41. The molecule has 3 N–H and O–H groups in total. The summed E-state index contributed by atoms with van der Waals surface area (Å²) in [6.45, 7) is 2.92. The molecule has 41 heavy (non-hydrogen) atoms. The topological polar surface area (TPSA) is 106 Å². The van der Waals surface area contributed by atoms with Crippen LogP contribution in [0.4, 0.5) is 11.4 Å². The Morgan fingerprint density at radius 2 is 1.54 bits per heavy atom. The summed E-state index contributed by atoms with van der Waals surface area (Å²) in [5, 5.41) is 6.19. The number of carbonyl (C=O) groups excluding carboxylic acids is 2. The summed E-state index contributed by atoms with van der Waals surface area (Å²) in [4.78, 5) is 26.8. The van der Waals surface area contributed by atoms with Gasteiger partial charge >= 0.3 is 0 Å². The molecule has 0 saturated heterocycles. The Morgan fingerprint density at radius 1 is 0.829 bits per heavy atom. The second-order valence-electron chi connectivity index (χ2n) is 9.65. The van der Waals surface area contributed by atoms with Gasteiger partial charge in [-0.3, -0.25) is 9.59 Å². The van der Waals surface area contributed by atoms with Gasteiger partial charge in [0, 0.05) is 50.1 Å². The van der Waals surface area contributed by atoms with E-state index in [2.05, 4.69) is 15.4 Å². The first kappa shape index (κ1) is 29.5. The largest absolute Gasteiger partial charge is 0.588 e. The molecule has 212 valence electrons. The second-order valence-corrected chi connectivity index (χ2v) is 10.8. The minimum atomic E-state index is -1.63. The standard InChI is InChI=1S/C32H34N4O4S/c1-22-8-5-10-25(18-22)31(37)34-17-16-33-27-12-7-13-28(21-27)35-41(39)30-20-24(14-15-29(30)40-4)23-9-6-11-26(19-23)32(38)36(2)3/h5-15,18-21,33,35H,16-17H2,1-4H3,(H,34,37). The third-order valence-corrected chi connectivity index (χ3v) is 7.45. The molecule has 0 fully saturated rings. The maximum atomic E-state index is 13.4. The number of rotatable bonds is 11. The zero-order valence-electron chi connectivity index (χ0n) is 23.6. The molecular formula is C32H34N4O4S. The van der Waals surface area contributed by atoms with E-state index in [4.69, 9.17) is 4.74 Å². The minimum absolute atomic E-state index is 0.0898. The number of amides is 2. The van der Waals surface area contributed by atoms with Gasteiger partial charge < -0.3 is 24.8 Å². The number of benzene rings is 4. The van der Waals surface area contributed by atoms with E-state index in [1.807, 2.05) is 73.7 Å². The van der Waals surface area contributed by atoms with Crippen LogP contribution in [0.5, 0.6) is 5.75 Å². The molecule has 0 spiro atoms. The zero-order valence-corrected chi connectivity index (χ0v) is 24.4. The van der Waals surface area contributed by atoms with Crippen molar-refractivity contribution in [3.8, 4) is 16.9 Å². The van der Waals surface area contributed by atoms with Crippen molar-refractivity contribution in [2.75, 3.05) is 44.3 Å². The van der Waals surface area contributed by atoms with Crippen molar-refractivity contribution in [2.24, 2.45) is 0 Å². The minimum Gasteiger partial charge on any atom is -0.588 e. The van der Waals surface area contributed by atoms with E-state index in [1.165, 1.54) is 12.0 Å². The third kappa shape index (κ3) is 7.81. The van der Waals surface area contributed by atoms with Crippen LogP contribution in [0.2, 0.25) is 0 Å². The van der Waals surface area contributed by atoms with Crippen molar-refractivity contribution < 1.29 is 18.9 Å². The van der Waals surface area contributed by atoms with E-state index in [9.17, 15) is 14.1 Å². The highest BCUT2D eigenvalue weighted by Crippen LogP contribution is 2.32. The quantitative estimate of drug-likeness (QED) is 0.166. The van der Waals surface area contributed by atoms with E-state index in [1.54, 1.807) is 38.4 Å². The van der Waals surface area contributed by atoms with Crippen molar-refractivity contribution >= 4 is 34.6 Å². The summed E-state index contributed by atoms with van der Waals surface area (Å²) in [5.41, 5.74) is 5.36. The Kier molecular flexibility index (Phi) is 9.89. The molecule has 8 nitrogen and oxygen atoms in total. The summed E-state index contributed by atoms with van der Waals surface area (Å²) >= 11 is -1.63. The summed E-state index contributed by atoms with van der Waals surface area (Å²) in [5.74, 6) is 0.278. The Labute approximate surface area is 244 Å². The monoisotopic (exact) mass is 570 g/mol. The summed E-state index contributed by atoms with van der Waals surface area (Å²) in [6, 6.07) is 27.7. The highest BCUT2D eigenvalue weighted by atomic mass is 32.2. The molecule has 2 amide bonds. The molecule has 1 atom stereocenters. The smallest absolute Gasteiger partial charge is 0.253 e. The van der Waals surface area contributed by atoms with E-state index in [0.717, 1.165) is 22.4 Å². The zero-order chi connectivity index (χ0) is 29.4. The van der Waals surface area contributed by atoms with Gasteiger partial charge in [-0.25, -0.2) is 4.72 Å². The molecule has 4 aromatic carbocycles. The van der Waals surface area contributed by atoms with Gasteiger partial charge in [0.2, 0.25) is 4.90 Å². The maximum Gasteiger partial charge on any atom is 0.253 e. The first-order valence-electron chi connectivity index (χ1n) is 13.1. The van der Waals surface area contributed by atoms with Crippen LogP contribution in [0.3, 0.4) is 0 Å². The first-order valence-corrected chi connectivity index (χ1v) is 14.3. The normalized spacial score (nSPS) is 11.3. The summed E-state index contributed by atoms with van der Waals surface area (Å²) < 4.78 is 22.0. The predicted octanol–water partition coefficient (Wildman–Crippen LogP) is 5.35. The van der Waals surface area contributed by atoms with Crippen LogP contribution in [-0.4, -0.2) is 55.6 Å². The molecule has 4 rings (SSSR count). The molecule has 0 aliphatic rings. The van der Waals surface area contributed by atoms with E-state index < -0.39 is 11.4 Å². The molecule has 9 heteroatoms. The average Bonchev–Trinajstić information content (AvgIpc) is 2.98. The lowest BCUT2D eigenvalue weighted by molar-refractivity contribution is 0.0827. The number of ether oxygens (including phenoxy) is 1. The summed E-state index contributed by atoms with van der Waals surface area (Å²) in [7, 11) is 4.96. The fraction of sp³-hybridized carbons (Fsp3) is 0.188. The molecule has 0 aromatic heterocycles. The molecule has 0 bridgehead atoms. The lowest BCUT2D eigenvalue weighted by atomic mass is 10.0. The molecule has 0 saturated carbocycles. The predicted molar refractivity (Wildman–Crippen MR) is 165 cm³/mol. The maximum absolute atomic E-state index is 13.4. The van der Waals surface area contributed by atoms with Crippen LogP contribution in [0.1, 0.15) is 26.3 Å². The second kappa shape index (κ2) is 13.7. The number of hydrogen-bond acceptors (Lipinski definition) is 6. The van der Waals surface area contributed by atoms with Crippen molar-refractivity contribution in [2.45, 2.75) is 11.8 Å². The van der Waals surface area contributed by atoms with E-state index >= 15 is 0 Å². The number of aryl methyl sites for hydroxylation is 1. The van der Waals surface area contributed by atoms with Crippen LogP contribution in [0, 0.1) is 6.92 Å². The van der Waals surface area contributed by atoms with E-state index in [0.29, 0.717) is 40.5 Å². The molecule has 1 unspecified atom stereocenters. The fourth-order valence-electron chi connectivity index (χ4n) is 4.22. The third-order valence-electron chi connectivity index (χ3n) is 6.31. The molecule has 0 radical (unpaired) electrons. The van der Waals surface area contributed by atoms with Gasteiger partial charge in [-0.2, -0.15) is 0 Å². The van der Waals surface area contributed by atoms with Crippen molar-refractivity contribution in [3.05, 3.63) is 108 Å². The number of carbonyl (C=O) groups is 2. The molecule has 4 aromatic rings. The van der Waals surface area contributed by atoms with Gasteiger partial charge in [0.15, 0.2) is 5.75 Å². The number of nitrogens with one attached hydrogen (secondary N) is 3. The van der Waals surface area contributed by atoms with Crippen LogP contribution >= 0.6 is 0 Å². The lowest BCUT2D eigenvalue weighted by Gasteiger charge is -2.16. The van der Waals surface area contributed by atoms with Crippen molar-refractivity contribution in [1.82, 2.24) is 10.2 Å². The number of nitrogens with zero attached hydrogens (tertiary/aromatic N) is 1. The summed E-state index contributed by atoms with van der Waals surface area (Å²) in [6.07, 6.45) is 0. The Hall–Kier alpha value is -4.47. The SMILES string of the molecule is COc1ccc(-c2cccc(C(=O)N(C)C)c2)cc1[S+]([O-])Nc1cccc(NCCNC(=O)c2cccc(C)c2)c1.